The topological polar surface area (TPSA) is 102 Å². The minimum Gasteiger partial charge on any atom is -0.481 e. The molecule has 1 atom stereocenters. The molecule has 0 saturated carbocycles. The molecule has 0 aliphatic carbocycles. The minimum absolute atomic E-state index is 0.0300. The number of ether oxygens (including phenoxy) is 2. The number of para-hydroxylation sites is 2. The summed E-state index contributed by atoms with van der Waals surface area (Å²) >= 11 is 0. The number of rotatable bonds is 5. The van der Waals surface area contributed by atoms with Crippen molar-refractivity contribution in [3.63, 3.8) is 0 Å². The van der Waals surface area contributed by atoms with Crippen molar-refractivity contribution >= 4 is 23.3 Å². The van der Waals surface area contributed by atoms with Crippen molar-refractivity contribution in [1.29, 1.82) is 0 Å². The predicted molar refractivity (Wildman–Crippen MR) is 76.0 cm³/mol. The molecule has 0 radical (unpaired) electrons. The molecular weight excluding hydrogens is 276 g/mol. The lowest BCUT2D eigenvalue weighted by atomic mass is 10.2. The number of carbonyl (C=O) groups excluding carboxylic acids is 1. The first-order valence-electron chi connectivity index (χ1n) is 6.66. The van der Waals surface area contributed by atoms with Crippen LogP contribution in [0.15, 0.2) is 24.3 Å². The van der Waals surface area contributed by atoms with E-state index in [0.29, 0.717) is 24.6 Å². The average Bonchev–Trinajstić information content (AvgIpc) is 2.49. The zero-order valence-electron chi connectivity index (χ0n) is 11.5. The lowest BCUT2D eigenvalue weighted by Crippen LogP contribution is -2.46. The summed E-state index contributed by atoms with van der Waals surface area (Å²) in [4.78, 5) is 24.7. The molecule has 2 rings (SSSR count). The van der Waals surface area contributed by atoms with Gasteiger partial charge in [-0.25, -0.2) is 0 Å². The molecule has 1 saturated heterocycles. The second-order valence-electron chi connectivity index (χ2n) is 4.63. The zero-order valence-corrected chi connectivity index (χ0v) is 11.5. The van der Waals surface area contributed by atoms with Crippen LogP contribution in [0, 0.1) is 0 Å². The summed E-state index contributed by atoms with van der Waals surface area (Å²) in [5.74, 6) is -1.32. The Hall–Kier alpha value is -2.12. The lowest BCUT2D eigenvalue weighted by Gasteiger charge is -2.29. The van der Waals surface area contributed by atoms with Gasteiger partial charge < -0.3 is 25.2 Å². The van der Waals surface area contributed by atoms with Crippen molar-refractivity contribution < 1.29 is 24.2 Å². The van der Waals surface area contributed by atoms with Crippen molar-refractivity contribution in [3.8, 4) is 0 Å². The Morgan fingerprint density at radius 1 is 1.33 bits per heavy atom. The molecule has 7 nitrogen and oxygen atoms in total. The molecular formula is C14H18N2O5. The van der Waals surface area contributed by atoms with Crippen molar-refractivity contribution in [1.82, 2.24) is 0 Å². The smallest absolute Gasteiger partial charge is 0.305 e. The van der Waals surface area contributed by atoms with E-state index in [1.807, 2.05) is 0 Å². The number of carboxylic acid groups (broad SMARTS) is 1. The number of aliphatic carboxylic acids is 1. The number of nitrogens with two attached hydrogens (primary N) is 1. The first-order valence-corrected chi connectivity index (χ1v) is 6.66. The molecule has 0 aromatic heterocycles. The van der Waals surface area contributed by atoms with Crippen molar-refractivity contribution in [2.24, 2.45) is 0 Å². The molecule has 1 aromatic rings. The third kappa shape index (κ3) is 3.93. The number of hydrogen-bond acceptors (Lipinski definition) is 5. The van der Waals surface area contributed by atoms with Gasteiger partial charge >= 0.3 is 5.97 Å². The number of nitrogens with zero attached hydrogens (tertiary/aromatic N) is 1. The largest absolute Gasteiger partial charge is 0.481 e. The van der Waals surface area contributed by atoms with Crippen LogP contribution >= 0.6 is 0 Å². The summed E-state index contributed by atoms with van der Waals surface area (Å²) in [7, 11) is 0. The number of anilines is 2. The Bertz CT molecular complexity index is 514. The molecule has 1 aliphatic rings. The van der Waals surface area contributed by atoms with E-state index < -0.39 is 12.1 Å². The van der Waals surface area contributed by atoms with E-state index in [0.717, 1.165) is 0 Å². The molecule has 21 heavy (non-hydrogen) atoms. The molecule has 1 fully saturated rings. The number of nitrogen functional groups attached to an aromatic ring is 1. The van der Waals surface area contributed by atoms with Gasteiger partial charge in [-0.2, -0.15) is 0 Å². The second-order valence-corrected chi connectivity index (χ2v) is 4.63. The van der Waals surface area contributed by atoms with Gasteiger partial charge in [0.15, 0.2) is 6.10 Å². The average molecular weight is 294 g/mol. The highest BCUT2D eigenvalue weighted by molar-refractivity contribution is 5.99. The van der Waals surface area contributed by atoms with E-state index >= 15 is 0 Å². The standard InChI is InChI=1S/C14H18N2O5/c15-10-3-1-2-4-11(10)16(6-5-13(17)18)14(19)12-9-20-7-8-21-12/h1-4,12H,5-9,15H2,(H,17,18). The lowest BCUT2D eigenvalue weighted by molar-refractivity contribution is -0.145. The fourth-order valence-corrected chi connectivity index (χ4v) is 2.09. The molecule has 114 valence electrons. The Morgan fingerprint density at radius 3 is 2.71 bits per heavy atom. The van der Waals surface area contributed by atoms with Gasteiger partial charge in [0, 0.05) is 6.54 Å². The molecule has 1 aromatic carbocycles. The zero-order chi connectivity index (χ0) is 15.2. The van der Waals surface area contributed by atoms with Gasteiger partial charge in [0.1, 0.15) is 0 Å². The third-order valence-electron chi connectivity index (χ3n) is 3.13. The van der Waals surface area contributed by atoms with Gasteiger partial charge in [0.25, 0.3) is 5.91 Å². The summed E-state index contributed by atoms with van der Waals surface area (Å²) in [6.07, 6.45) is -0.902. The number of benzene rings is 1. The number of amides is 1. The highest BCUT2D eigenvalue weighted by Gasteiger charge is 2.29. The van der Waals surface area contributed by atoms with Gasteiger partial charge in [-0.15, -0.1) is 0 Å². The molecule has 1 aliphatic heterocycles. The van der Waals surface area contributed by atoms with Gasteiger partial charge in [-0.05, 0) is 12.1 Å². The van der Waals surface area contributed by atoms with E-state index in [1.165, 1.54) is 4.90 Å². The van der Waals surface area contributed by atoms with Gasteiger partial charge in [0.2, 0.25) is 0 Å². The molecule has 3 N–H and O–H groups in total. The van der Waals surface area contributed by atoms with Gasteiger partial charge in [0.05, 0.1) is 37.6 Å². The van der Waals surface area contributed by atoms with Crippen LogP contribution in [0.1, 0.15) is 6.42 Å². The quantitative estimate of drug-likeness (QED) is 0.766. The molecule has 0 spiro atoms. The van der Waals surface area contributed by atoms with Gasteiger partial charge in [-0.3, -0.25) is 9.59 Å². The third-order valence-corrected chi connectivity index (χ3v) is 3.13. The first kappa shape index (κ1) is 15.3. The first-order chi connectivity index (χ1) is 10.1. The second kappa shape index (κ2) is 7.05. The Labute approximate surface area is 122 Å². The summed E-state index contributed by atoms with van der Waals surface area (Å²) < 4.78 is 10.6. The Kier molecular flexibility index (Phi) is 5.13. The maximum Gasteiger partial charge on any atom is 0.305 e. The Balaban J connectivity index is 2.20. The summed E-state index contributed by atoms with van der Waals surface area (Å²) in [5, 5.41) is 8.85. The van der Waals surface area contributed by atoms with Crippen LogP contribution in [-0.2, 0) is 19.1 Å². The summed E-state index contributed by atoms with van der Waals surface area (Å²) in [6.45, 7) is 0.983. The van der Waals surface area contributed by atoms with E-state index in [1.54, 1.807) is 24.3 Å². The van der Waals surface area contributed by atoms with Crippen LogP contribution in [-0.4, -0.2) is 49.5 Å². The monoisotopic (exact) mass is 294 g/mol. The fourth-order valence-electron chi connectivity index (χ4n) is 2.09. The van der Waals surface area contributed by atoms with E-state index in [4.69, 9.17) is 20.3 Å². The molecule has 7 heteroatoms. The summed E-state index contributed by atoms with van der Waals surface area (Å²) in [5.41, 5.74) is 6.78. The van der Waals surface area contributed by atoms with Crippen molar-refractivity contribution in [2.45, 2.75) is 12.5 Å². The molecule has 1 heterocycles. The Morgan fingerprint density at radius 2 is 2.10 bits per heavy atom. The molecule has 1 amide bonds. The number of carbonyl (C=O) groups is 2. The molecule has 1 unspecified atom stereocenters. The van der Waals surface area contributed by atoms with Crippen LogP contribution in [0.25, 0.3) is 0 Å². The maximum absolute atomic E-state index is 12.5. The molecule has 0 bridgehead atoms. The van der Waals surface area contributed by atoms with E-state index in [2.05, 4.69) is 0 Å². The normalized spacial score (nSPS) is 18.2. The van der Waals surface area contributed by atoms with Crippen LogP contribution in [0.3, 0.4) is 0 Å². The number of carboxylic acids is 1. The summed E-state index contributed by atoms with van der Waals surface area (Å²) in [6, 6.07) is 6.83. The van der Waals surface area contributed by atoms with Crippen LogP contribution in [0.2, 0.25) is 0 Å². The van der Waals surface area contributed by atoms with Gasteiger partial charge in [-0.1, -0.05) is 12.1 Å². The van der Waals surface area contributed by atoms with Crippen molar-refractivity contribution in [3.05, 3.63) is 24.3 Å². The SMILES string of the molecule is Nc1ccccc1N(CCC(=O)O)C(=O)C1COCCO1. The minimum atomic E-state index is -0.983. The van der Waals surface area contributed by atoms with Crippen LogP contribution < -0.4 is 10.6 Å². The van der Waals surface area contributed by atoms with Crippen molar-refractivity contribution in [2.75, 3.05) is 37.0 Å². The predicted octanol–water partition coefficient (Wildman–Crippen LogP) is 0.492. The fraction of sp³-hybridized carbons (Fsp3) is 0.429. The highest BCUT2D eigenvalue weighted by Crippen LogP contribution is 2.24. The number of hydrogen-bond donors (Lipinski definition) is 2. The van der Waals surface area contributed by atoms with E-state index in [9.17, 15) is 9.59 Å². The van der Waals surface area contributed by atoms with Crippen LogP contribution in [0.5, 0.6) is 0 Å². The van der Waals surface area contributed by atoms with E-state index in [-0.39, 0.29) is 25.5 Å². The maximum atomic E-state index is 12.5. The highest BCUT2D eigenvalue weighted by atomic mass is 16.6. The van der Waals surface area contributed by atoms with Crippen LogP contribution in [0.4, 0.5) is 11.4 Å².